The lowest BCUT2D eigenvalue weighted by molar-refractivity contribution is 0.577. The van der Waals surface area contributed by atoms with Crippen LogP contribution in [0.4, 0.5) is 0 Å². The van der Waals surface area contributed by atoms with E-state index in [1.165, 1.54) is 0 Å². The molecule has 17 heavy (non-hydrogen) atoms. The van der Waals surface area contributed by atoms with Gasteiger partial charge in [0, 0.05) is 4.88 Å². The van der Waals surface area contributed by atoms with Crippen molar-refractivity contribution >= 4 is 21.6 Å². The summed E-state index contributed by atoms with van der Waals surface area (Å²) in [5, 5.41) is 0.655. The van der Waals surface area contributed by atoms with Crippen molar-refractivity contribution in [3.05, 3.63) is 39.7 Å². The summed E-state index contributed by atoms with van der Waals surface area (Å²) in [5.74, 6) is 1.06. The number of rotatable bonds is 2. The first-order valence-corrected chi connectivity index (χ1v) is 6.16. The van der Waals surface area contributed by atoms with Crippen LogP contribution in [0.5, 0.6) is 0 Å². The summed E-state index contributed by atoms with van der Waals surface area (Å²) in [4.78, 5) is 21.0. The van der Waals surface area contributed by atoms with Crippen LogP contribution in [0.1, 0.15) is 11.8 Å². The number of nitrogens with zero attached hydrogens (tertiary/aromatic N) is 1. The van der Waals surface area contributed by atoms with Crippen molar-refractivity contribution in [2.45, 2.75) is 13.3 Å². The van der Waals surface area contributed by atoms with Gasteiger partial charge in [-0.15, -0.1) is 11.3 Å². The zero-order valence-electron chi connectivity index (χ0n) is 9.19. The largest absolute Gasteiger partial charge is 0.461 e. The van der Waals surface area contributed by atoms with Crippen LogP contribution in [0.25, 0.3) is 21.8 Å². The fraction of sp³-hybridized carbons (Fsp3) is 0.167. The summed E-state index contributed by atoms with van der Waals surface area (Å²) in [6.07, 6.45) is 2.47. The quantitative estimate of drug-likeness (QED) is 0.756. The molecule has 0 fully saturated rings. The van der Waals surface area contributed by atoms with Crippen LogP contribution in [0.2, 0.25) is 0 Å². The molecule has 0 unspecified atom stereocenters. The van der Waals surface area contributed by atoms with Gasteiger partial charge in [0.05, 0.1) is 11.6 Å². The number of H-pyrrole nitrogens is 1. The maximum atomic E-state index is 11.9. The van der Waals surface area contributed by atoms with E-state index in [1.807, 2.05) is 6.07 Å². The van der Waals surface area contributed by atoms with E-state index in [0.29, 0.717) is 17.0 Å². The molecule has 0 aliphatic heterocycles. The van der Waals surface area contributed by atoms with E-state index < -0.39 is 0 Å². The van der Waals surface area contributed by atoms with Crippen LogP contribution in [-0.4, -0.2) is 9.97 Å². The number of aromatic nitrogens is 2. The van der Waals surface area contributed by atoms with E-state index in [1.54, 1.807) is 29.7 Å². The first-order chi connectivity index (χ1) is 8.28. The van der Waals surface area contributed by atoms with Crippen LogP contribution in [0.15, 0.2) is 33.7 Å². The molecule has 0 saturated carbocycles. The number of hydrogen-bond acceptors (Lipinski definition) is 4. The molecule has 0 spiro atoms. The van der Waals surface area contributed by atoms with E-state index in [0.717, 1.165) is 16.1 Å². The second-order valence-corrected chi connectivity index (χ2v) is 4.79. The summed E-state index contributed by atoms with van der Waals surface area (Å²) in [6, 6.07) is 5.45. The van der Waals surface area contributed by atoms with Gasteiger partial charge in [0.1, 0.15) is 4.83 Å². The maximum absolute atomic E-state index is 11.9. The Morgan fingerprint density at radius 1 is 1.53 bits per heavy atom. The topological polar surface area (TPSA) is 58.9 Å². The van der Waals surface area contributed by atoms with Gasteiger partial charge in [-0.25, -0.2) is 4.98 Å². The van der Waals surface area contributed by atoms with E-state index in [9.17, 15) is 4.79 Å². The van der Waals surface area contributed by atoms with Crippen molar-refractivity contribution in [3.63, 3.8) is 0 Å². The highest BCUT2D eigenvalue weighted by Gasteiger charge is 2.10. The number of hydrogen-bond donors (Lipinski definition) is 1. The highest BCUT2D eigenvalue weighted by molar-refractivity contribution is 7.18. The monoisotopic (exact) mass is 246 g/mol. The molecule has 0 aromatic carbocycles. The molecule has 0 atom stereocenters. The molecule has 4 nitrogen and oxygen atoms in total. The second kappa shape index (κ2) is 3.85. The van der Waals surface area contributed by atoms with Gasteiger partial charge in [0.2, 0.25) is 0 Å². The van der Waals surface area contributed by atoms with Crippen LogP contribution in [0.3, 0.4) is 0 Å². The van der Waals surface area contributed by atoms with Crippen molar-refractivity contribution < 1.29 is 4.42 Å². The molecule has 1 N–H and O–H groups in total. The number of fused-ring (bicyclic) bond motifs is 1. The van der Waals surface area contributed by atoms with Crippen LogP contribution < -0.4 is 5.56 Å². The van der Waals surface area contributed by atoms with Gasteiger partial charge in [-0.3, -0.25) is 4.79 Å². The zero-order valence-corrected chi connectivity index (χ0v) is 10.0. The average Bonchev–Trinajstić information content (AvgIpc) is 2.97. The van der Waals surface area contributed by atoms with Gasteiger partial charge >= 0.3 is 0 Å². The fourth-order valence-corrected chi connectivity index (χ4v) is 2.65. The lowest BCUT2D eigenvalue weighted by Gasteiger charge is -1.95. The number of thiophene rings is 1. The Labute approximate surface area is 101 Å². The van der Waals surface area contributed by atoms with Crippen molar-refractivity contribution in [1.82, 2.24) is 9.97 Å². The summed E-state index contributed by atoms with van der Waals surface area (Å²) >= 11 is 1.55. The fourth-order valence-electron chi connectivity index (χ4n) is 1.69. The standard InChI is InChI=1S/C12H10N2O2S/c1-2-7-6-8-11(15)13-10(14-12(8)17-7)9-4-3-5-16-9/h3-6H,2H2,1H3,(H,13,14,15). The molecule has 0 aliphatic carbocycles. The maximum Gasteiger partial charge on any atom is 0.260 e. The van der Waals surface area contributed by atoms with Crippen LogP contribution >= 0.6 is 11.3 Å². The average molecular weight is 246 g/mol. The lowest BCUT2D eigenvalue weighted by Crippen LogP contribution is -2.07. The molecule has 0 amide bonds. The normalized spacial score (nSPS) is 11.1. The number of aryl methyl sites for hydroxylation is 1. The van der Waals surface area contributed by atoms with Gasteiger partial charge in [0.15, 0.2) is 11.6 Å². The van der Waals surface area contributed by atoms with Gasteiger partial charge < -0.3 is 9.40 Å². The Morgan fingerprint density at radius 2 is 2.41 bits per heavy atom. The van der Waals surface area contributed by atoms with Crippen LogP contribution in [0, 0.1) is 0 Å². The van der Waals surface area contributed by atoms with Crippen LogP contribution in [-0.2, 0) is 6.42 Å². The Hall–Kier alpha value is -1.88. The highest BCUT2D eigenvalue weighted by Crippen LogP contribution is 2.23. The summed E-state index contributed by atoms with van der Waals surface area (Å²) in [7, 11) is 0. The molecule has 0 aliphatic rings. The minimum Gasteiger partial charge on any atom is -0.461 e. The minimum atomic E-state index is -0.114. The van der Waals surface area contributed by atoms with E-state index in [2.05, 4.69) is 16.9 Å². The summed E-state index contributed by atoms with van der Waals surface area (Å²) < 4.78 is 5.23. The highest BCUT2D eigenvalue weighted by atomic mass is 32.1. The third kappa shape index (κ3) is 1.68. The summed E-state index contributed by atoms with van der Waals surface area (Å²) in [6.45, 7) is 2.06. The molecule has 3 heterocycles. The second-order valence-electron chi connectivity index (χ2n) is 3.68. The molecular weight excluding hydrogens is 236 g/mol. The predicted molar refractivity (Wildman–Crippen MR) is 67.3 cm³/mol. The van der Waals surface area contributed by atoms with Crippen molar-refractivity contribution in [2.75, 3.05) is 0 Å². The molecule has 3 rings (SSSR count). The Bertz CT molecular complexity index is 710. The predicted octanol–water partition coefficient (Wildman–Crippen LogP) is 2.81. The lowest BCUT2D eigenvalue weighted by atomic mass is 10.3. The van der Waals surface area contributed by atoms with Gasteiger partial charge in [-0.1, -0.05) is 6.92 Å². The first-order valence-electron chi connectivity index (χ1n) is 5.34. The Kier molecular flexibility index (Phi) is 2.33. The molecule has 3 aromatic rings. The SMILES string of the molecule is CCc1cc2c(=O)[nH]c(-c3ccco3)nc2s1. The first kappa shape index (κ1) is 10.3. The van der Waals surface area contributed by atoms with Gasteiger partial charge in [-0.05, 0) is 24.6 Å². The third-order valence-corrected chi connectivity index (χ3v) is 3.73. The molecule has 3 aromatic heterocycles. The van der Waals surface area contributed by atoms with E-state index in [4.69, 9.17) is 4.42 Å². The summed E-state index contributed by atoms with van der Waals surface area (Å²) in [5.41, 5.74) is -0.114. The van der Waals surface area contributed by atoms with Crippen molar-refractivity contribution in [3.8, 4) is 11.6 Å². The smallest absolute Gasteiger partial charge is 0.260 e. The van der Waals surface area contributed by atoms with E-state index >= 15 is 0 Å². The minimum absolute atomic E-state index is 0.114. The third-order valence-electron chi connectivity index (χ3n) is 2.56. The zero-order chi connectivity index (χ0) is 11.8. The molecular formula is C12H10N2O2S. The number of furan rings is 1. The Morgan fingerprint density at radius 3 is 3.12 bits per heavy atom. The van der Waals surface area contributed by atoms with E-state index in [-0.39, 0.29) is 5.56 Å². The number of nitrogens with one attached hydrogen (secondary N) is 1. The molecule has 0 bridgehead atoms. The van der Waals surface area contributed by atoms with Crippen molar-refractivity contribution in [1.29, 1.82) is 0 Å². The molecule has 86 valence electrons. The van der Waals surface area contributed by atoms with Gasteiger partial charge in [0.25, 0.3) is 5.56 Å². The van der Waals surface area contributed by atoms with Gasteiger partial charge in [-0.2, -0.15) is 0 Å². The number of aromatic amines is 1. The Balaban J connectivity index is 2.27. The molecule has 0 radical (unpaired) electrons. The molecule has 5 heteroatoms. The van der Waals surface area contributed by atoms with Crippen molar-refractivity contribution in [2.24, 2.45) is 0 Å². The molecule has 0 saturated heterocycles.